The first-order valence-electron chi connectivity index (χ1n) is 9.27. The number of hydrogen-bond donors (Lipinski definition) is 0. The molecule has 5 aromatic rings. The summed E-state index contributed by atoms with van der Waals surface area (Å²) in [5.41, 5.74) is 3.47. The van der Waals surface area contributed by atoms with Crippen LogP contribution in [0.4, 0.5) is 0 Å². The van der Waals surface area contributed by atoms with Crippen LogP contribution in [0, 0.1) is 3.57 Å². The molecule has 0 fully saturated rings. The van der Waals surface area contributed by atoms with Crippen molar-refractivity contribution in [2.24, 2.45) is 0 Å². The molecule has 0 unspecified atom stereocenters. The van der Waals surface area contributed by atoms with Crippen molar-refractivity contribution in [1.82, 2.24) is 9.38 Å². The topological polar surface area (TPSA) is 43.6 Å². The molecule has 2 heterocycles. The molecule has 0 N–H and O–H groups in total. The van der Waals surface area contributed by atoms with Gasteiger partial charge in [-0.1, -0.05) is 58.8 Å². The van der Waals surface area contributed by atoms with Crippen molar-refractivity contribution < 1.29 is 4.74 Å². The number of ether oxygens (including phenoxy) is 1. The maximum atomic E-state index is 12.9. The molecule has 0 atom stereocenters. The van der Waals surface area contributed by atoms with E-state index in [4.69, 9.17) is 27.9 Å². The molecule has 0 aliphatic carbocycles. The minimum atomic E-state index is -0.0522. The molecule has 154 valence electrons. The van der Waals surface area contributed by atoms with Crippen LogP contribution in [-0.2, 0) is 6.61 Å². The summed E-state index contributed by atoms with van der Waals surface area (Å²) in [6, 6.07) is 18.9. The molecule has 0 amide bonds. The lowest BCUT2D eigenvalue weighted by molar-refractivity contribution is 0.304. The van der Waals surface area contributed by atoms with Crippen molar-refractivity contribution in [3.05, 3.63) is 100 Å². The van der Waals surface area contributed by atoms with Crippen molar-refractivity contribution in [3.8, 4) is 5.75 Å². The molecule has 0 spiro atoms. The summed E-state index contributed by atoms with van der Waals surface area (Å²) >= 11 is 15.7. The highest BCUT2D eigenvalue weighted by molar-refractivity contribution is 14.1. The number of benzene rings is 3. The lowest BCUT2D eigenvalue weighted by Gasteiger charge is -2.09. The minimum absolute atomic E-state index is 0.0522. The maximum Gasteiger partial charge on any atom is 0.274 e. The van der Waals surface area contributed by atoms with Crippen molar-refractivity contribution in [2.75, 3.05) is 0 Å². The summed E-state index contributed by atoms with van der Waals surface area (Å²) in [7, 11) is 0. The van der Waals surface area contributed by atoms with Crippen LogP contribution in [0.2, 0.25) is 10.0 Å². The third-order valence-electron chi connectivity index (χ3n) is 4.78. The lowest BCUT2D eigenvalue weighted by Crippen LogP contribution is -2.22. The molecule has 0 saturated carbocycles. The number of para-hydroxylation sites is 2. The summed E-state index contributed by atoms with van der Waals surface area (Å²) in [6.07, 6.45) is 1.89. The van der Waals surface area contributed by atoms with Gasteiger partial charge in [0.25, 0.3) is 5.56 Å². The van der Waals surface area contributed by atoms with E-state index in [1.54, 1.807) is 16.5 Å². The third-order valence-corrected chi connectivity index (χ3v) is 7.33. The Morgan fingerprint density at radius 1 is 1.06 bits per heavy atom. The van der Waals surface area contributed by atoms with E-state index < -0.39 is 0 Å². The first-order chi connectivity index (χ1) is 15.0. The molecule has 4 nitrogen and oxygen atoms in total. The smallest absolute Gasteiger partial charge is 0.274 e. The summed E-state index contributed by atoms with van der Waals surface area (Å²) < 4.78 is 9.20. The van der Waals surface area contributed by atoms with Gasteiger partial charge in [0.1, 0.15) is 12.4 Å². The van der Waals surface area contributed by atoms with E-state index in [0.29, 0.717) is 26.1 Å². The quantitative estimate of drug-likeness (QED) is 0.248. The summed E-state index contributed by atoms with van der Waals surface area (Å²) in [4.78, 5) is 18.2. The van der Waals surface area contributed by atoms with Gasteiger partial charge in [0, 0.05) is 0 Å². The van der Waals surface area contributed by atoms with Crippen molar-refractivity contribution >= 4 is 79.2 Å². The normalized spacial score (nSPS) is 12.2. The fraction of sp³-hybridized carbons (Fsp3) is 0.0435. The van der Waals surface area contributed by atoms with E-state index in [-0.39, 0.29) is 5.56 Å². The predicted octanol–water partition coefficient (Wildman–Crippen LogP) is 5.95. The molecule has 0 bridgehead atoms. The second-order valence-electron chi connectivity index (χ2n) is 6.86. The van der Waals surface area contributed by atoms with Crippen LogP contribution in [0.25, 0.3) is 22.1 Å². The van der Waals surface area contributed by atoms with Gasteiger partial charge in [0.2, 0.25) is 0 Å². The number of nitrogens with zero attached hydrogens (tertiary/aromatic N) is 2. The van der Waals surface area contributed by atoms with Gasteiger partial charge in [0.15, 0.2) is 4.96 Å². The Kier molecular flexibility index (Phi) is 5.64. The monoisotopic (exact) mass is 578 g/mol. The highest BCUT2D eigenvalue weighted by Gasteiger charge is 2.11. The lowest BCUT2D eigenvalue weighted by atomic mass is 10.2. The van der Waals surface area contributed by atoms with Crippen molar-refractivity contribution in [1.29, 1.82) is 0 Å². The number of thiazole rings is 1. The Morgan fingerprint density at radius 3 is 2.71 bits per heavy atom. The fourth-order valence-corrected chi connectivity index (χ4v) is 5.28. The van der Waals surface area contributed by atoms with E-state index >= 15 is 0 Å². The zero-order valence-corrected chi connectivity index (χ0v) is 20.3. The Balaban J connectivity index is 1.43. The van der Waals surface area contributed by atoms with Crippen LogP contribution in [0.5, 0.6) is 5.75 Å². The second-order valence-corrected chi connectivity index (χ2v) is 9.85. The average molecular weight is 579 g/mol. The van der Waals surface area contributed by atoms with Gasteiger partial charge < -0.3 is 4.74 Å². The Hall–Kier alpha value is -2.13. The van der Waals surface area contributed by atoms with Gasteiger partial charge in [-0.25, -0.2) is 9.38 Å². The highest BCUT2D eigenvalue weighted by atomic mass is 127. The van der Waals surface area contributed by atoms with Gasteiger partial charge in [-0.2, -0.15) is 0 Å². The number of halogens is 3. The van der Waals surface area contributed by atoms with Crippen LogP contribution in [0.3, 0.4) is 0 Å². The molecular weight excluding hydrogens is 566 g/mol. The van der Waals surface area contributed by atoms with E-state index in [1.807, 2.05) is 54.6 Å². The Morgan fingerprint density at radius 2 is 1.90 bits per heavy atom. The van der Waals surface area contributed by atoms with Crippen LogP contribution < -0.4 is 14.8 Å². The average Bonchev–Trinajstić information content (AvgIpc) is 3.26. The van der Waals surface area contributed by atoms with Gasteiger partial charge in [-0.15, -0.1) is 0 Å². The number of aromatic nitrogens is 2. The van der Waals surface area contributed by atoms with E-state index in [1.165, 1.54) is 11.3 Å². The molecule has 2 aromatic heterocycles. The maximum absolute atomic E-state index is 12.9. The summed E-state index contributed by atoms with van der Waals surface area (Å²) in [6.45, 7) is 0.385. The minimum Gasteiger partial charge on any atom is -0.488 e. The Labute approximate surface area is 204 Å². The van der Waals surface area contributed by atoms with E-state index in [2.05, 4.69) is 27.6 Å². The molecule has 0 aliphatic rings. The zero-order valence-electron chi connectivity index (χ0n) is 15.8. The van der Waals surface area contributed by atoms with Gasteiger partial charge in [-0.05, 0) is 76.2 Å². The largest absolute Gasteiger partial charge is 0.488 e. The van der Waals surface area contributed by atoms with Gasteiger partial charge in [-0.3, -0.25) is 4.79 Å². The predicted molar refractivity (Wildman–Crippen MR) is 136 cm³/mol. The summed E-state index contributed by atoms with van der Waals surface area (Å²) in [5, 5.41) is 1.03. The zero-order chi connectivity index (χ0) is 21.5. The standard InChI is InChI=1S/C23H13Cl2IN2O2S/c24-15-7-5-14(9-16(15)25)12-30-20-8-6-13(10-17(20)26)11-21-22(29)28-19-4-2-1-3-18(19)27-23(28)31-21/h1-11H,12H2/b21-11-. The van der Waals surface area contributed by atoms with E-state index in [0.717, 1.165) is 31.5 Å². The van der Waals surface area contributed by atoms with Crippen molar-refractivity contribution in [3.63, 3.8) is 0 Å². The third kappa shape index (κ3) is 4.05. The fourth-order valence-electron chi connectivity index (χ4n) is 3.28. The number of imidazole rings is 1. The molecular formula is C23H13Cl2IN2O2S. The van der Waals surface area contributed by atoms with Crippen LogP contribution in [0.1, 0.15) is 11.1 Å². The summed E-state index contributed by atoms with van der Waals surface area (Å²) in [5.74, 6) is 0.762. The molecule has 0 saturated heterocycles. The highest BCUT2D eigenvalue weighted by Crippen LogP contribution is 2.26. The molecule has 3 aromatic carbocycles. The van der Waals surface area contributed by atoms with Gasteiger partial charge >= 0.3 is 0 Å². The van der Waals surface area contributed by atoms with Crippen molar-refractivity contribution in [2.45, 2.75) is 6.61 Å². The number of fused-ring (bicyclic) bond motifs is 3. The van der Waals surface area contributed by atoms with Crippen LogP contribution >= 0.6 is 57.1 Å². The Bertz CT molecular complexity index is 1560. The first-order valence-corrected chi connectivity index (χ1v) is 11.9. The molecule has 31 heavy (non-hydrogen) atoms. The number of rotatable bonds is 4. The number of hydrogen-bond acceptors (Lipinski definition) is 4. The molecule has 8 heteroatoms. The molecule has 0 aliphatic heterocycles. The SMILES string of the molecule is O=c1/c(=C/c2ccc(OCc3ccc(Cl)c(Cl)c3)c(I)c2)sc2nc3ccccc3n12. The van der Waals surface area contributed by atoms with Crippen LogP contribution in [-0.4, -0.2) is 9.38 Å². The molecule has 0 radical (unpaired) electrons. The second kappa shape index (κ2) is 8.43. The molecule has 5 rings (SSSR count). The van der Waals surface area contributed by atoms with Gasteiger partial charge in [0.05, 0.1) is 29.2 Å². The van der Waals surface area contributed by atoms with Crippen LogP contribution in [0.15, 0.2) is 65.5 Å². The van der Waals surface area contributed by atoms with E-state index in [9.17, 15) is 4.79 Å². The first kappa shape index (κ1) is 20.8.